The number of guanidine groups is 1. The third-order valence-corrected chi connectivity index (χ3v) is 5.24. The summed E-state index contributed by atoms with van der Waals surface area (Å²) >= 11 is 1.79. The van der Waals surface area contributed by atoms with Crippen molar-refractivity contribution < 1.29 is 0 Å². The molecule has 3 heterocycles. The maximum absolute atomic E-state index is 4.70. The van der Waals surface area contributed by atoms with E-state index in [1.165, 1.54) is 4.88 Å². The van der Waals surface area contributed by atoms with Gasteiger partial charge in [-0.15, -0.1) is 35.3 Å². The van der Waals surface area contributed by atoms with Gasteiger partial charge in [0.05, 0.1) is 11.6 Å². The smallest absolute Gasteiger partial charge is 0.191 e. The van der Waals surface area contributed by atoms with Crippen molar-refractivity contribution in [3.05, 3.63) is 28.2 Å². The van der Waals surface area contributed by atoms with Gasteiger partial charge in [0.15, 0.2) is 5.96 Å². The lowest BCUT2D eigenvalue weighted by Gasteiger charge is -2.25. The predicted molar refractivity (Wildman–Crippen MR) is 112 cm³/mol. The van der Waals surface area contributed by atoms with Crippen LogP contribution in [0.3, 0.4) is 0 Å². The van der Waals surface area contributed by atoms with Crippen molar-refractivity contribution in [3.63, 3.8) is 0 Å². The maximum atomic E-state index is 4.70. The summed E-state index contributed by atoms with van der Waals surface area (Å²) in [6.45, 7) is 6.68. The van der Waals surface area contributed by atoms with Gasteiger partial charge in [0.1, 0.15) is 12.2 Å². The van der Waals surface area contributed by atoms with Crippen LogP contribution in [0.25, 0.3) is 0 Å². The molecule has 1 unspecified atom stereocenters. The van der Waals surface area contributed by atoms with Gasteiger partial charge in [-0.2, -0.15) is 5.10 Å². The Hall–Kier alpha value is -1.23. The molecule has 2 aromatic rings. The second kappa shape index (κ2) is 10.0. The van der Waals surface area contributed by atoms with Crippen molar-refractivity contribution in [3.8, 4) is 0 Å². The molecule has 7 nitrogen and oxygen atoms in total. The molecule has 2 N–H and O–H groups in total. The van der Waals surface area contributed by atoms with E-state index in [-0.39, 0.29) is 24.0 Å². The van der Waals surface area contributed by atoms with Crippen LogP contribution in [0.4, 0.5) is 0 Å². The second-order valence-electron chi connectivity index (χ2n) is 5.82. The van der Waals surface area contributed by atoms with Crippen LogP contribution in [0.5, 0.6) is 0 Å². The number of aromatic nitrogens is 4. The highest BCUT2D eigenvalue weighted by atomic mass is 127. The number of hydrogen-bond donors (Lipinski definition) is 2. The molecule has 0 bridgehead atoms. The number of rotatable bonds is 6. The van der Waals surface area contributed by atoms with E-state index in [0.717, 1.165) is 62.1 Å². The first kappa shape index (κ1) is 20.1. The first-order valence-electron chi connectivity index (χ1n) is 8.63. The molecular weight excluding hydrogens is 449 g/mol. The van der Waals surface area contributed by atoms with E-state index >= 15 is 0 Å². The van der Waals surface area contributed by atoms with Crippen molar-refractivity contribution in [2.45, 2.75) is 52.1 Å². The summed E-state index contributed by atoms with van der Waals surface area (Å²) in [5.41, 5.74) is 0. The first-order chi connectivity index (χ1) is 11.8. The van der Waals surface area contributed by atoms with E-state index in [1.807, 2.05) is 10.9 Å². The number of nitrogens with one attached hydrogen (secondary N) is 2. The highest BCUT2D eigenvalue weighted by molar-refractivity contribution is 14.0. The van der Waals surface area contributed by atoms with Gasteiger partial charge in [-0.25, -0.2) is 14.6 Å². The molecule has 3 rings (SSSR count). The molecule has 25 heavy (non-hydrogen) atoms. The molecule has 0 fully saturated rings. The molecule has 0 amide bonds. The minimum Gasteiger partial charge on any atom is -0.357 e. The predicted octanol–water partition coefficient (Wildman–Crippen LogP) is 2.03. The van der Waals surface area contributed by atoms with Crippen molar-refractivity contribution >= 4 is 41.3 Å². The van der Waals surface area contributed by atoms with E-state index in [1.54, 1.807) is 17.7 Å². The van der Waals surface area contributed by atoms with Crippen LogP contribution in [-0.2, 0) is 25.8 Å². The Bertz CT molecular complexity index is 682. The molecule has 2 aromatic heterocycles. The molecule has 1 atom stereocenters. The summed E-state index contributed by atoms with van der Waals surface area (Å²) in [4.78, 5) is 14.8. The minimum atomic E-state index is 0. The lowest BCUT2D eigenvalue weighted by molar-refractivity contribution is 0.393. The average Bonchev–Trinajstić information content (AvgIpc) is 3.23. The van der Waals surface area contributed by atoms with Crippen molar-refractivity contribution in [1.29, 1.82) is 0 Å². The summed E-state index contributed by atoms with van der Waals surface area (Å²) < 4.78 is 1.98. The number of aliphatic imine (C=N–C) groups is 1. The summed E-state index contributed by atoms with van der Waals surface area (Å²) in [5, 5.41) is 12.3. The molecule has 0 aromatic carbocycles. The van der Waals surface area contributed by atoms with Gasteiger partial charge in [-0.1, -0.05) is 6.92 Å². The Balaban J connectivity index is 0.00000225. The molecule has 0 radical (unpaired) electrons. The zero-order valence-electron chi connectivity index (χ0n) is 14.7. The van der Waals surface area contributed by atoms with Crippen LogP contribution in [0, 0.1) is 0 Å². The second-order valence-corrected chi connectivity index (χ2v) is 7.02. The van der Waals surface area contributed by atoms with Crippen LogP contribution in [0.15, 0.2) is 17.5 Å². The highest BCUT2D eigenvalue weighted by Gasteiger charge is 2.20. The van der Waals surface area contributed by atoms with E-state index in [2.05, 4.69) is 39.5 Å². The fourth-order valence-electron chi connectivity index (χ4n) is 2.76. The molecule has 138 valence electrons. The van der Waals surface area contributed by atoms with Crippen LogP contribution in [0.1, 0.15) is 36.0 Å². The largest absolute Gasteiger partial charge is 0.357 e. The summed E-state index contributed by atoms with van der Waals surface area (Å²) in [7, 11) is 0. The fourth-order valence-corrected chi connectivity index (χ4v) is 3.61. The van der Waals surface area contributed by atoms with Crippen LogP contribution < -0.4 is 10.6 Å². The van der Waals surface area contributed by atoms with E-state index in [4.69, 9.17) is 4.99 Å². The van der Waals surface area contributed by atoms with E-state index < -0.39 is 0 Å². The zero-order valence-corrected chi connectivity index (χ0v) is 17.9. The van der Waals surface area contributed by atoms with Gasteiger partial charge in [-0.3, -0.25) is 4.99 Å². The standard InChI is InChI=1S/C16H25N7S.HI/c1-3-13-9-19-15(24-13)7-8-18-16(17-4-2)22-12-5-6-14-20-11-21-23(14)10-12;/h9,11-12H,3-8,10H2,1-2H3,(H2,17,18,22);1H. The van der Waals surface area contributed by atoms with Crippen molar-refractivity contribution in [2.24, 2.45) is 4.99 Å². The van der Waals surface area contributed by atoms with Crippen molar-refractivity contribution in [1.82, 2.24) is 30.4 Å². The Morgan fingerprint density at radius 2 is 2.28 bits per heavy atom. The van der Waals surface area contributed by atoms with Gasteiger partial charge in [0.25, 0.3) is 0 Å². The molecular formula is C16H26IN7S. The molecule has 9 heteroatoms. The normalized spacial score (nSPS) is 16.9. The number of nitrogens with zero attached hydrogens (tertiary/aromatic N) is 5. The molecule has 0 saturated heterocycles. The monoisotopic (exact) mass is 475 g/mol. The number of hydrogen-bond acceptors (Lipinski definition) is 5. The van der Waals surface area contributed by atoms with Gasteiger partial charge < -0.3 is 10.6 Å². The molecule has 0 saturated carbocycles. The summed E-state index contributed by atoms with van der Waals surface area (Å²) in [6, 6.07) is 0.337. The van der Waals surface area contributed by atoms with Gasteiger partial charge in [0.2, 0.25) is 0 Å². The Labute approximate surface area is 169 Å². The number of thiazole rings is 1. The number of fused-ring (bicyclic) bond motifs is 1. The average molecular weight is 475 g/mol. The molecule has 1 aliphatic heterocycles. The maximum Gasteiger partial charge on any atom is 0.191 e. The Morgan fingerprint density at radius 3 is 3.04 bits per heavy atom. The van der Waals surface area contributed by atoms with Gasteiger partial charge in [0, 0.05) is 43.0 Å². The SMILES string of the molecule is CCNC(=NCCc1ncc(CC)s1)NC1CCc2ncnn2C1.I. The topological polar surface area (TPSA) is 80.0 Å². The lowest BCUT2D eigenvalue weighted by atomic mass is 10.1. The number of halogens is 1. The quantitative estimate of drug-likeness (QED) is 0.380. The Kier molecular flexibility index (Phi) is 8.07. The lowest BCUT2D eigenvalue weighted by Crippen LogP contribution is -2.47. The highest BCUT2D eigenvalue weighted by Crippen LogP contribution is 2.14. The van der Waals surface area contributed by atoms with Gasteiger partial charge in [-0.05, 0) is 19.8 Å². The minimum absolute atomic E-state index is 0. The molecule has 0 aliphatic carbocycles. The fraction of sp³-hybridized carbons (Fsp3) is 0.625. The molecule has 1 aliphatic rings. The number of aryl methyl sites for hydroxylation is 2. The third-order valence-electron chi connectivity index (χ3n) is 4.04. The first-order valence-corrected chi connectivity index (χ1v) is 9.45. The molecule has 0 spiro atoms. The van der Waals surface area contributed by atoms with Crippen LogP contribution in [0.2, 0.25) is 0 Å². The van der Waals surface area contributed by atoms with E-state index in [9.17, 15) is 0 Å². The third kappa shape index (κ3) is 5.63. The van der Waals surface area contributed by atoms with Crippen LogP contribution in [-0.4, -0.2) is 44.8 Å². The summed E-state index contributed by atoms with van der Waals surface area (Å²) in [6.07, 6.45) is 7.56. The summed E-state index contributed by atoms with van der Waals surface area (Å²) in [5.74, 6) is 1.95. The van der Waals surface area contributed by atoms with Crippen molar-refractivity contribution in [2.75, 3.05) is 13.1 Å². The van der Waals surface area contributed by atoms with Crippen LogP contribution >= 0.6 is 35.3 Å². The zero-order chi connectivity index (χ0) is 16.8. The van der Waals surface area contributed by atoms with Gasteiger partial charge >= 0.3 is 0 Å². The Morgan fingerprint density at radius 1 is 1.40 bits per heavy atom. The van der Waals surface area contributed by atoms with E-state index in [0.29, 0.717) is 6.04 Å².